The van der Waals surface area contributed by atoms with Gasteiger partial charge in [0.15, 0.2) is 0 Å². The zero-order chi connectivity index (χ0) is 20.1. The highest BCUT2D eigenvalue weighted by Gasteiger charge is 2.40. The van der Waals surface area contributed by atoms with Crippen molar-refractivity contribution >= 4 is 11.9 Å². The van der Waals surface area contributed by atoms with Crippen LogP contribution in [-0.2, 0) is 16.0 Å². The fraction of sp³-hybridized carbons (Fsp3) is 0.526. The molecule has 2 N–H and O–H groups in total. The summed E-state index contributed by atoms with van der Waals surface area (Å²) in [7, 11) is 0. The van der Waals surface area contributed by atoms with Gasteiger partial charge >= 0.3 is 5.97 Å². The largest absolute Gasteiger partial charge is 0.481 e. The molecule has 1 aromatic carbocycles. The second kappa shape index (κ2) is 8.45. The van der Waals surface area contributed by atoms with Crippen molar-refractivity contribution in [2.75, 3.05) is 6.54 Å². The Labute approximate surface area is 162 Å². The summed E-state index contributed by atoms with van der Waals surface area (Å²) in [6, 6.07) is 5.12. The standard InChI is InChI=1S/C19H24FN5O3/c1-13-22-23-24-25(13)16(11-14-5-7-15(20)8-6-14)17(26)21-12-19(18(27)28)9-3-2-4-10-19/h5-8,16H,2-4,9-12H2,1H3,(H,21,26)(H,27,28). The second-order valence-corrected chi connectivity index (χ2v) is 7.38. The molecule has 1 heterocycles. The zero-order valence-corrected chi connectivity index (χ0v) is 15.8. The number of hydrogen-bond acceptors (Lipinski definition) is 5. The molecule has 0 saturated heterocycles. The summed E-state index contributed by atoms with van der Waals surface area (Å²) >= 11 is 0. The first kappa shape index (κ1) is 19.9. The fourth-order valence-corrected chi connectivity index (χ4v) is 3.73. The van der Waals surface area contributed by atoms with E-state index in [0.717, 1.165) is 24.8 Å². The zero-order valence-electron chi connectivity index (χ0n) is 15.8. The Morgan fingerprint density at radius 1 is 1.25 bits per heavy atom. The molecule has 1 aliphatic rings. The van der Waals surface area contributed by atoms with Crippen molar-refractivity contribution < 1.29 is 19.1 Å². The second-order valence-electron chi connectivity index (χ2n) is 7.38. The molecule has 1 aliphatic carbocycles. The maximum atomic E-state index is 13.2. The summed E-state index contributed by atoms with van der Waals surface area (Å²) in [6.45, 7) is 1.76. The minimum atomic E-state index is -0.927. The van der Waals surface area contributed by atoms with Crippen molar-refractivity contribution in [3.8, 4) is 0 Å². The third-order valence-electron chi connectivity index (χ3n) is 5.46. The summed E-state index contributed by atoms with van der Waals surface area (Å²) in [5.41, 5.74) is -0.175. The minimum Gasteiger partial charge on any atom is -0.481 e. The molecule has 0 radical (unpaired) electrons. The number of aliphatic carboxylic acids is 1. The smallest absolute Gasteiger partial charge is 0.311 e. The van der Waals surface area contributed by atoms with Gasteiger partial charge in [0.2, 0.25) is 5.91 Å². The van der Waals surface area contributed by atoms with Crippen LogP contribution in [0, 0.1) is 18.2 Å². The number of halogens is 1. The maximum absolute atomic E-state index is 13.2. The molecule has 1 atom stereocenters. The fourth-order valence-electron chi connectivity index (χ4n) is 3.73. The van der Waals surface area contributed by atoms with Crippen LogP contribution in [0.4, 0.5) is 4.39 Å². The minimum absolute atomic E-state index is 0.0717. The Bertz CT molecular complexity index is 830. The topological polar surface area (TPSA) is 110 Å². The van der Waals surface area contributed by atoms with Crippen LogP contribution in [0.1, 0.15) is 49.5 Å². The number of nitrogens with one attached hydrogen (secondary N) is 1. The molecular weight excluding hydrogens is 365 g/mol. The van der Waals surface area contributed by atoms with E-state index < -0.39 is 17.4 Å². The van der Waals surface area contributed by atoms with Crippen LogP contribution in [-0.4, -0.2) is 43.7 Å². The van der Waals surface area contributed by atoms with E-state index in [1.54, 1.807) is 19.1 Å². The van der Waals surface area contributed by atoms with Gasteiger partial charge in [-0.25, -0.2) is 9.07 Å². The Morgan fingerprint density at radius 2 is 1.93 bits per heavy atom. The first-order valence-electron chi connectivity index (χ1n) is 9.41. The summed E-state index contributed by atoms with van der Waals surface area (Å²) in [5.74, 6) is -1.12. The van der Waals surface area contributed by atoms with Gasteiger partial charge < -0.3 is 10.4 Å². The number of carboxylic acid groups (broad SMARTS) is 1. The number of amides is 1. The van der Waals surface area contributed by atoms with Gasteiger partial charge in [0, 0.05) is 13.0 Å². The van der Waals surface area contributed by atoms with Gasteiger partial charge in [0.25, 0.3) is 0 Å². The Morgan fingerprint density at radius 3 is 2.50 bits per heavy atom. The summed E-state index contributed by atoms with van der Waals surface area (Å²) in [6.07, 6.45) is 4.06. The SMILES string of the molecule is Cc1nnnn1C(Cc1ccc(F)cc1)C(=O)NCC1(C(=O)O)CCCCC1. The lowest BCUT2D eigenvalue weighted by molar-refractivity contribution is -0.151. The van der Waals surface area contributed by atoms with Crippen molar-refractivity contribution in [2.45, 2.75) is 51.5 Å². The van der Waals surface area contributed by atoms with E-state index in [2.05, 4.69) is 20.8 Å². The average Bonchev–Trinajstić information content (AvgIpc) is 3.12. The number of benzene rings is 1. The quantitative estimate of drug-likeness (QED) is 0.750. The number of rotatable bonds is 7. The molecule has 8 nitrogen and oxygen atoms in total. The van der Waals surface area contributed by atoms with E-state index in [1.165, 1.54) is 16.8 Å². The van der Waals surface area contributed by atoms with Gasteiger partial charge in [-0.2, -0.15) is 0 Å². The van der Waals surface area contributed by atoms with Crippen molar-refractivity contribution in [3.05, 3.63) is 41.5 Å². The number of nitrogens with zero attached hydrogens (tertiary/aromatic N) is 4. The van der Waals surface area contributed by atoms with E-state index in [1.807, 2.05) is 0 Å². The lowest BCUT2D eigenvalue weighted by Gasteiger charge is -2.33. The molecule has 3 rings (SSSR count). The third kappa shape index (κ3) is 4.35. The van der Waals surface area contributed by atoms with Gasteiger partial charge in [0.1, 0.15) is 17.7 Å². The number of carbonyl (C=O) groups excluding carboxylic acids is 1. The molecule has 28 heavy (non-hydrogen) atoms. The van der Waals surface area contributed by atoms with E-state index >= 15 is 0 Å². The Balaban J connectivity index is 1.77. The average molecular weight is 389 g/mol. The van der Waals surface area contributed by atoms with Crippen LogP contribution in [0.3, 0.4) is 0 Å². The Hall–Kier alpha value is -2.84. The lowest BCUT2D eigenvalue weighted by Crippen LogP contribution is -2.46. The maximum Gasteiger partial charge on any atom is 0.311 e. The van der Waals surface area contributed by atoms with Gasteiger partial charge in [-0.1, -0.05) is 31.4 Å². The van der Waals surface area contributed by atoms with E-state index in [-0.39, 0.29) is 24.7 Å². The van der Waals surface area contributed by atoms with Crippen LogP contribution in [0.5, 0.6) is 0 Å². The lowest BCUT2D eigenvalue weighted by atomic mass is 9.74. The van der Waals surface area contributed by atoms with E-state index in [9.17, 15) is 19.1 Å². The number of tetrazole rings is 1. The van der Waals surface area contributed by atoms with Crippen molar-refractivity contribution in [1.82, 2.24) is 25.5 Å². The first-order valence-corrected chi connectivity index (χ1v) is 9.41. The normalized spacial score (nSPS) is 17.1. The van der Waals surface area contributed by atoms with Crippen LogP contribution in [0.15, 0.2) is 24.3 Å². The predicted molar refractivity (Wildman–Crippen MR) is 97.9 cm³/mol. The first-order chi connectivity index (χ1) is 13.4. The molecule has 1 amide bonds. The molecule has 1 aromatic heterocycles. The Kier molecular flexibility index (Phi) is 6.01. The highest BCUT2D eigenvalue weighted by molar-refractivity contribution is 5.82. The molecule has 0 aliphatic heterocycles. The van der Waals surface area contributed by atoms with E-state index in [4.69, 9.17) is 0 Å². The molecule has 2 aromatic rings. The van der Waals surface area contributed by atoms with Gasteiger partial charge in [-0.15, -0.1) is 5.10 Å². The van der Waals surface area contributed by atoms with Crippen LogP contribution in [0.2, 0.25) is 0 Å². The van der Waals surface area contributed by atoms with Crippen LogP contribution >= 0.6 is 0 Å². The highest BCUT2D eigenvalue weighted by Crippen LogP contribution is 2.36. The van der Waals surface area contributed by atoms with E-state index in [0.29, 0.717) is 18.7 Å². The molecule has 1 unspecified atom stereocenters. The number of aromatic nitrogens is 4. The van der Waals surface area contributed by atoms with Gasteiger partial charge in [0.05, 0.1) is 5.41 Å². The van der Waals surface area contributed by atoms with Gasteiger partial charge in [-0.05, 0) is 47.9 Å². The molecule has 1 saturated carbocycles. The molecular formula is C19H24FN5O3. The van der Waals surface area contributed by atoms with Crippen molar-refractivity contribution in [3.63, 3.8) is 0 Å². The van der Waals surface area contributed by atoms with Crippen molar-refractivity contribution in [2.24, 2.45) is 5.41 Å². The summed E-state index contributed by atoms with van der Waals surface area (Å²) in [4.78, 5) is 24.8. The highest BCUT2D eigenvalue weighted by atomic mass is 19.1. The number of carbonyl (C=O) groups is 2. The number of hydrogen-bond donors (Lipinski definition) is 2. The molecule has 9 heteroatoms. The summed E-state index contributed by atoms with van der Waals surface area (Å²) < 4.78 is 14.6. The number of carboxylic acids is 1. The molecule has 0 spiro atoms. The molecule has 1 fully saturated rings. The van der Waals surface area contributed by atoms with Crippen molar-refractivity contribution in [1.29, 1.82) is 0 Å². The number of aryl methyl sites for hydroxylation is 1. The van der Waals surface area contributed by atoms with Crippen LogP contribution < -0.4 is 5.32 Å². The van der Waals surface area contributed by atoms with Crippen LogP contribution in [0.25, 0.3) is 0 Å². The third-order valence-corrected chi connectivity index (χ3v) is 5.46. The molecule has 0 bridgehead atoms. The predicted octanol–water partition coefficient (Wildman–Crippen LogP) is 2.06. The molecule has 150 valence electrons. The monoisotopic (exact) mass is 389 g/mol. The summed E-state index contributed by atoms with van der Waals surface area (Å²) in [5, 5.41) is 23.9. The van der Waals surface area contributed by atoms with Gasteiger partial charge in [-0.3, -0.25) is 9.59 Å².